The second-order valence-electron chi connectivity index (χ2n) is 8.06. The summed E-state index contributed by atoms with van der Waals surface area (Å²) >= 11 is 1.50. The van der Waals surface area contributed by atoms with Gasteiger partial charge in [0.1, 0.15) is 11.4 Å². The molecule has 0 bridgehead atoms. The van der Waals surface area contributed by atoms with Crippen molar-refractivity contribution in [3.05, 3.63) is 82.9 Å². The molecule has 35 heavy (non-hydrogen) atoms. The lowest BCUT2D eigenvalue weighted by molar-refractivity contribution is 0.0909. The van der Waals surface area contributed by atoms with Crippen molar-refractivity contribution in [3.63, 3.8) is 0 Å². The molecule has 3 N–H and O–H groups in total. The SMILES string of the molecule is CC[C@@H](CO)NC(=O)c1c(-c2ccsc2)nc2c(C(=O)Nc3ccc4ncccc4c3)cccn12. The van der Waals surface area contributed by atoms with Crippen LogP contribution in [0.25, 0.3) is 27.8 Å². The maximum atomic E-state index is 13.3. The van der Waals surface area contributed by atoms with Gasteiger partial charge >= 0.3 is 0 Å². The Morgan fingerprint density at radius 3 is 2.80 bits per heavy atom. The number of rotatable bonds is 7. The van der Waals surface area contributed by atoms with Crippen molar-refractivity contribution in [2.75, 3.05) is 11.9 Å². The van der Waals surface area contributed by atoms with Crippen molar-refractivity contribution in [2.24, 2.45) is 0 Å². The van der Waals surface area contributed by atoms with Crippen LogP contribution in [0.1, 0.15) is 34.2 Å². The maximum absolute atomic E-state index is 13.3. The molecule has 0 radical (unpaired) electrons. The molecule has 0 aliphatic carbocycles. The largest absolute Gasteiger partial charge is 0.394 e. The zero-order chi connectivity index (χ0) is 24.4. The predicted molar refractivity (Wildman–Crippen MR) is 137 cm³/mol. The van der Waals surface area contributed by atoms with Gasteiger partial charge in [-0.1, -0.05) is 13.0 Å². The number of carbonyl (C=O) groups excluding carboxylic acids is 2. The summed E-state index contributed by atoms with van der Waals surface area (Å²) in [6.07, 6.45) is 4.02. The second kappa shape index (κ2) is 9.65. The van der Waals surface area contributed by atoms with E-state index in [1.54, 1.807) is 35.0 Å². The summed E-state index contributed by atoms with van der Waals surface area (Å²) in [4.78, 5) is 35.6. The second-order valence-corrected chi connectivity index (χ2v) is 8.84. The summed E-state index contributed by atoms with van der Waals surface area (Å²) < 4.78 is 1.63. The van der Waals surface area contributed by atoms with Crippen LogP contribution in [-0.4, -0.2) is 43.9 Å². The molecule has 1 aromatic carbocycles. The minimum atomic E-state index is -0.378. The highest BCUT2D eigenvalue weighted by molar-refractivity contribution is 7.08. The number of nitrogens with one attached hydrogen (secondary N) is 2. The molecular weight excluding hydrogens is 462 g/mol. The van der Waals surface area contributed by atoms with Crippen LogP contribution in [-0.2, 0) is 0 Å². The highest BCUT2D eigenvalue weighted by atomic mass is 32.1. The van der Waals surface area contributed by atoms with E-state index in [4.69, 9.17) is 4.98 Å². The number of hydrogen-bond acceptors (Lipinski definition) is 6. The number of anilines is 1. The Kier molecular flexibility index (Phi) is 6.26. The Morgan fingerprint density at radius 1 is 1.14 bits per heavy atom. The Labute approximate surface area is 205 Å². The first-order valence-electron chi connectivity index (χ1n) is 11.2. The third-order valence-corrected chi connectivity index (χ3v) is 6.50. The van der Waals surface area contributed by atoms with Crippen LogP contribution in [0.4, 0.5) is 5.69 Å². The molecule has 176 valence electrons. The fourth-order valence-electron chi connectivity index (χ4n) is 3.94. The number of aromatic nitrogens is 3. The standard InChI is InChI=1S/C26H23N5O3S/c1-2-18(14-32)28-26(34)23-22(17-9-12-35-15-17)30-24-20(6-4-11-31(23)24)25(33)29-19-7-8-21-16(13-19)5-3-10-27-21/h3-13,15,18,32H,2,14H2,1H3,(H,28,34)(H,29,33)/t18-/m0/s1. The Morgan fingerprint density at radius 2 is 2.03 bits per heavy atom. The fraction of sp³-hybridized carbons (Fsp3) is 0.154. The zero-order valence-electron chi connectivity index (χ0n) is 18.9. The van der Waals surface area contributed by atoms with E-state index < -0.39 is 0 Å². The van der Waals surface area contributed by atoms with Gasteiger partial charge in [0.15, 0.2) is 5.65 Å². The van der Waals surface area contributed by atoms with E-state index in [0.29, 0.717) is 34.7 Å². The van der Waals surface area contributed by atoms with Crippen molar-refractivity contribution in [1.82, 2.24) is 19.7 Å². The number of aliphatic hydroxyl groups excluding tert-OH is 1. The molecule has 5 rings (SSSR count). The summed E-state index contributed by atoms with van der Waals surface area (Å²) in [5.74, 6) is -0.700. The van der Waals surface area contributed by atoms with Gasteiger partial charge in [0, 0.05) is 34.4 Å². The number of aliphatic hydroxyl groups is 1. The van der Waals surface area contributed by atoms with Crippen LogP contribution in [0, 0.1) is 0 Å². The minimum absolute atomic E-state index is 0.165. The van der Waals surface area contributed by atoms with E-state index in [1.165, 1.54) is 11.3 Å². The molecule has 9 heteroatoms. The number of benzene rings is 1. The van der Waals surface area contributed by atoms with Crippen molar-refractivity contribution >= 4 is 45.4 Å². The average Bonchev–Trinajstić information content (AvgIpc) is 3.55. The van der Waals surface area contributed by atoms with E-state index in [1.807, 2.05) is 48.0 Å². The van der Waals surface area contributed by atoms with Gasteiger partial charge < -0.3 is 15.7 Å². The maximum Gasteiger partial charge on any atom is 0.270 e. The van der Waals surface area contributed by atoms with Crippen LogP contribution in [0.2, 0.25) is 0 Å². The van der Waals surface area contributed by atoms with E-state index in [-0.39, 0.29) is 24.5 Å². The molecule has 8 nitrogen and oxygen atoms in total. The van der Waals surface area contributed by atoms with E-state index in [2.05, 4.69) is 15.6 Å². The van der Waals surface area contributed by atoms with Crippen molar-refractivity contribution < 1.29 is 14.7 Å². The number of amides is 2. The highest BCUT2D eigenvalue weighted by Crippen LogP contribution is 2.28. The van der Waals surface area contributed by atoms with Gasteiger partial charge in [-0.3, -0.25) is 19.0 Å². The smallest absolute Gasteiger partial charge is 0.270 e. The first kappa shape index (κ1) is 22.7. The lowest BCUT2D eigenvalue weighted by Gasteiger charge is -2.14. The zero-order valence-corrected chi connectivity index (χ0v) is 19.7. The summed E-state index contributed by atoms with van der Waals surface area (Å²) in [7, 11) is 0. The normalized spacial score (nSPS) is 12.1. The van der Waals surface area contributed by atoms with E-state index in [9.17, 15) is 14.7 Å². The van der Waals surface area contributed by atoms with Crippen molar-refractivity contribution in [1.29, 1.82) is 0 Å². The van der Waals surface area contributed by atoms with Gasteiger partial charge in [-0.05, 0) is 54.3 Å². The number of imidazole rings is 1. The summed E-state index contributed by atoms with van der Waals surface area (Å²) in [5, 5.41) is 20.1. The van der Waals surface area contributed by atoms with Gasteiger partial charge in [-0.2, -0.15) is 11.3 Å². The minimum Gasteiger partial charge on any atom is -0.394 e. The molecular formula is C26H23N5O3S. The van der Waals surface area contributed by atoms with E-state index in [0.717, 1.165) is 16.5 Å². The molecule has 0 aliphatic heterocycles. The number of thiophene rings is 1. The molecule has 5 aromatic rings. The fourth-order valence-corrected chi connectivity index (χ4v) is 4.59. The Hall–Kier alpha value is -4.08. The van der Waals surface area contributed by atoms with E-state index >= 15 is 0 Å². The number of fused-ring (bicyclic) bond motifs is 2. The van der Waals surface area contributed by atoms with Crippen molar-refractivity contribution in [2.45, 2.75) is 19.4 Å². The molecule has 0 fully saturated rings. The molecule has 0 saturated heterocycles. The van der Waals surface area contributed by atoms with Gasteiger partial charge in [0.25, 0.3) is 11.8 Å². The first-order valence-corrected chi connectivity index (χ1v) is 12.1. The molecule has 1 atom stereocenters. The van der Waals surface area contributed by atoms with Crippen LogP contribution >= 0.6 is 11.3 Å². The predicted octanol–water partition coefficient (Wildman–Crippen LogP) is 4.36. The number of carbonyl (C=O) groups is 2. The third kappa shape index (κ3) is 4.39. The number of nitrogens with zero attached hydrogens (tertiary/aromatic N) is 3. The molecule has 0 aliphatic rings. The molecule has 4 heterocycles. The average molecular weight is 486 g/mol. The van der Waals surface area contributed by atoms with Crippen LogP contribution in [0.15, 0.2) is 71.7 Å². The Balaban J connectivity index is 1.56. The number of pyridine rings is 2. The molecule has 0 unspecified atom stereocenters. The topological polar surface area (TPSA) is 109 Å². The number of hydrogen-bond donors (Lipinski definition) is 3. The van der Waals surface area contributed by atoms with Crippen LogP contribution < -0.4 is 10.6 Å². The quantitative estimate of drug-likeness (QED) is 0.317. The highest BCUT2D eigenvalue weighted by Gasteiger charge is 2.25. The summed E-state index contributed by atoms with van der Waals surface area (Å²) in [6, 6.07) is 14.2. The third-order valence-electron chi connectivity index (χ3n) is 5.81. The first-order chi connectivity index (χ1) is 17.1. The van der Waals surface area contributed by atoms with Crippen LogP contribution in [0.5, 0.6) is 0 Å². The molecule has 2 amide bonds. The molecule has 0 saturated carbocycles. The van der Waals surface area contributed by atoms with Gasteiger partial charge in [-0.15, -0.1) is 0 Å². The molecule has 4 aromatic heterocycles. The molecule has 0 spiro atoms. The van der Waals surface area contributed by atoms with Gasteiger partial charge in [-0.25, -0.2) is 4.98 Å². The van der Waals surface area contributed by atoms with Crippen LogP contribution in [0.3, 0.4) is 0 Å². The van der Waals surface area contributed by atoms with Gasteiger partial charge in [0.2, 0.25) is 0 Å². The Bertz CT molecular complexity index is 1520. The van der Waals surface area contributed by atoms with Crippen molar-refractivity contribution in [3.8, 4) is 11.3 Å². The van der Waals surface area contributed by atoms with Gasteiger partial charge in [0.05, 0.1) is 23.7 Å². The summed E-state index contributed by atoms with van der Waals surface area (Å²) in [6.45, 7) is 1.72. The lowest BCUT2D eigenvalue weighted by Crippen LogP contribution is -2.37. The monoisotopic (exact) mass is 485 g/mol. The summed E-state index contributed by atoms with van der Waals surface area (Å²) in [5.41, 5.74) is 3.76. The lowest BCUT2D eigenvalue weighted by atomic mass is 10.1.